The molecule has 1 aliphatic rings. The van der Waals surface area contributed by atoms with E-state index >= 15 is 0 Å². The quantitative estimate of drug-likeness (QED) is 0.757. The zero-order valence-electron chi connectivity index (χ0n) is 14.0. The Hall–Kier alpha value is -1.76. The lowest BCUT2D eigenvalue weighted by Crippen LogP contribution is -2.41. The molecule has 2 rings (SSSR count). The summed E-state index contributed by atoms with van der Waals surface area (Å²) in [6.07, 6.45) is 3.18. The Morgan fingerprint density at radius 1 is 1.33 bits per heavy atom. The maximum absolute atomic E-state index is 11.9. The average molecular weight is 355 g/mol. The number of carbonyl (C=O) groups is 1. The normalized spacial score (nSPS) is 15.5. The van der Waals surface area contributed by atoms with Gasteiger partial charge < -0.3 is 19.5 Å². The summed E-state index contributed by atoms with van der Waals surface area (Å²) < 4.78 is 15.7. The highest BCUT2D eigenvalue weighted by molar-refractivity contribution is 6.32. The highest BCUT2D eigenvalue weighted by atomic mass is 35.5. The second-order valence-electron chi connectivity index (χ2n) is 5.32. The van der Waals surface area contributed by atoms with E-state index in [0.717, 1.165) is 38.4 Å². The summed E-state index contributed by atoms with van der Waals surface area (Å²) in [5, 5.41) is 3.30. The third kappa shape index (κ3) is 5.40. The average Bonchev–Trinajstić information content (AvgIpc) is 2.60. The minimum absolute atomic E-state index is 0.144. The van der Waals surface area contributed by atoms with Crippen molar-refractivity contribution >= 4 is 23.6 Å². The number of nitrogens with one attached hydrogen (secondary N) is 1. The van der Waals surface area contributed by atoms with E-state index in [4.69, 9.17) is 25.8 Å². The van der Waals surface area contributed by atoms with Crippen molar-refractivity contribution in [2.24, 2.45) is 0 Å². The number of rotatable bonds is 7. The number of hydrogen-bond donors (Lipinski definition) is 1. The van der Waals surface area contributed by atoms with Crippen LogP contribution < -0.4 is 14.8 Å². The first-order chi connectivity index (χ1) is 11.6. The minimum Gasteiger partial charge on any atom is -0.493 e. The Balaban J connectivity index is 1.85. The van der Waals surface area contributed by atoms with Gasteiger partial charge in [-0.05, 0) is 23.8 Å². The lowest BCUT2D eigenvalue weighted by molar-refractivity contribution is -0.116. The summed E-state index contributed by atoms with van der Waals surface area (Å²) in [5.74, 6) is 0.859. The first-order valence-corrected chi connectivity index (χ1v) is 8.19. The number of carbonyl (C=O) groups excluding carboxylic acids is 1. The Kier molecular flexibility index (Phi) is 7.36. The molecule has 7 heteroatoms. The summed E-state index contributed by atoms with van der Waals surface area (Å²) in [5.41, 5.74) is 0.765. The monoisotopic (exact) mass is 354 g/mol. The molecule has 0 unspecified atom stereocenters. The smallest absolute Gasteiger partial charge is 0.244 e. The van der Waals surface area contributed by atoms with Crippen LogP contribution in [0.25, 0.3) is 6.08 Å². The third-order valence-electron chi connectivity index (χ3n) is 3.71. The van der Waals surface area contributed by atoms with Crippen LogP contribution >= 0.6 is 11.6 Å². The van der Waals surface area contributed by atoms with Crippen LogP contribution in [0.4, 0.5) is 0 Å². The standard InChI is InChI=1S/C17H23ClN2O4/c1-22-15-12-13(11-14(18)17(15)23-2)3-4-16(21)19-5-6-20-7-9-24-10-8-20/h3-4,11-12H,5-10H2,1-2H3,(H,19,21)/b4-3+. The SMILES string of the molecule is COc1cc(/C=C/C(=O)NCCN2CCOCC2)cc(Cl)c1OC. The van der Waals surface area contributed by atoms with Crippen molar-refractivity contribution in [2.45, 2.75) is 0 Å². The fraction of sp³-hybridized carbons (Fsp3) is 0.471. The number of halogens is 1. The largest absolute Gasteiger partial charge is 0.493 e. The topological polar surface area (TPSA) is 60.0 Å². The van der Waals surface area contributed by atoms with E-state index in [1.165, 1.54) is 13.2 Å². The second-order valence-corrected chi connectivity index (χ2v) is 5.72. The molecule has 132 valence electrons. The van der Waals surface area contributed by atoms with Crippen molar-refractivity contribution in [1.29, 1.82) is 0 Å². The summed E-state index contributed by atoms with van der Waals surface area (Å²) in [6, 6.07) is 3.49. The first kappa shape index (κ1) is 18.6. The van der Waals surface area contributed by atoms with E-state index < -0.39 is 0 Å². The lowest BCUT2D eigenvalue weighted by atomic mass is 10.2. The maximum Gasteiger partial charge on any atom is 0.244 e. The molecular weight excluding hydrogens is 332 g/mol. The van der Waals surface area contributed by atoms with Gasteiger partial charge in [-0.25, -0.2) is 0 Å². The van der Waals surface area contributed by atoms with Gasteiger partial charge in [-0.15, -0.1) is 0 Å². The Morgan fingerprint density at radius 3 is 2.75 bits per heavy atom. The van der Waals surface area contributed by atoms with Gasteiger partial charge in [-0.2, -0.15) is 0 Å². The molecule has 1 amide bonds. The molecule has 1 saturated heterocycles. The van der Waals surface area contributed by atoms with Gasteiger partial charge in [0.15, 0.2) is 11.5 Å². The lowest BCUT2D eigenvalue weighted by Gasteiger charge is -2.26. The van der Waals surface area contributed by atoms with Crippen molar-refractivity contribution in [3.05, 3.63) is 28.8 Å². The van der Waals surface area contributed by atoms with E-state index in [2.05, 4.69) is 10.2 Å². The van der Waals surface area contributed by atoms with Gasteiger partial charge >= 0.3 is 0 Å². The van der Waals surface area contributed by atoms with Gasteiger partial charge in [0.2, 0.25) is 5.91 Å². The van der Waals surface area contributed by atoms with Crippen LogP contribution in [0, 0.1) is 0 Å². The molecule has 0 aliphatic carbocycles. The molecule has 1 aromatic rings. The minimum atomic E-state index is -0.144. The maximum atomic E-state index is 11.9. The number of amides is 1. The summed E-state index contributed by atoms with van der Waals surface area (Å²) in [4.78, 5) is 14.2. The Morgan fingerprint density at radius 2 is 2.08 bits per heavy atom. The van der Waals surface area contributed by atoms with E-state index in [1.807, 2.05) is 0 Å². The van der Waals surface area contributed by atoms with Crippen LogP contribution in [0.2, 0.25) is 5.02 Å². The molecular formula is C17H23ClN2O4. The molecule has 0 atom stereocenters. The van der Waals surface area contributed by atoms with Crippen LogP contribution in [0.15, 0.2) is 18.2 Å². The Labute approximate surface area is 147 Å². The summed E-state index contributed by atoms with van der Waals surface area (Å²) in [7, 11) is 3.07. The molecule has 0 saturated carbocycles. The number of hydrogen-bond acceptors (Lipinski definition) is 5. The van der Waals surface area contributed by atoms with Crippen molar-refractivity contribution in [1.82, 2.24) is 10.2 Å². The number of morpholine rings is 1. The fourth-order valence-corrected chi connectivity index (χ4v) is 2.72. The highest BCUT2D eigenvalue weighted by Crippen LogP contribution is 2.36. The molecule has 0 radical (unpaired) electrons. The molecule has 24 heavy (non-hydrogen) atoms. The zero-order valence-corrected chi connectivity index (χ0v) is 14.8. The Bertz CT molecular complexity index is 586. The molecule has 0 spiro atoms. The molecule has 0 aromatic heterocycles. The molecule has 1 N–H and O–H groups in total. The van der Waals surface area contributed by atoms with Gasteiger partial charge in [-0.1, -0.05) is 11.6 Å². The van der Waals surface area contributed by atoms with Crippen LogP contribution in [0.5, 0.6) is 11.5 Å². The molecule has 1 aliphatic heterocycles. The van der Waals surface area contributed by atoms with E-state index in [9.17, 15) is 4.79 Å². The van der Waals surface area contributed by atoms with Gasteiger partial charge in [0.25, 0.3) is 0 Å². The molecule has 1 fully saturated rings. The highest BCUT2D eigenvalue weighted by Gasteiger charge is 2.11. The molecule has 1 aromatic carbocycles. The number of methoxy groups -OCH3 is 2. The predicted molar refractivity (Wildman–Crippen MR) is 93.9 cm³/mol. The molecule has 6 nitrogen and oxygen atoms in total. The zero-order chi connectivity index (χ0) is 17.4. The number of benzene rings is 1. The van der Waals surface area contributed by atoms with Crippen molar-refractivity contribution in [3.8, 4) is 11.5 Å². The summed E-state index contributed by atoms with van der Waals surface area (Å²) in [6.45, 7) is 4.77. The molecule has 1 heterocycles. The number of nitrogens with zero attached hydrogens (tertiary/aromatic N) is 1. The second kappa shape index (κ2) is 9.52. The fourth-order valence-electron chi connectivity index (χ4n) is 2.43. The van der Waals surface area contributed by atoms with E-state index in [0.29, 0.717) is 23.1 Å². The van der Waals surface area contributed by atoms with Crippen molar-refractivity contribution in [2.75, 3.05) is 53.6 Å². The predicted octanol–water partition coefficient (Wildman–Crippen LogP) is 1.82. The van der Waals surface area contributed by atoms with Crippen LogP contribution in [0.3, 0.4) is 0 Å². The van der Waals surface area contributed by atoms with Gasteiger partial charge in [0, 0.05) is 32.3 Å². The van der Waals surface area contributed by atoms with Crippen LogP contribution in [0.1, 0.15) is 5.56 Å². The van der Waals surface area contributed by atoms with E-state index in [-0.39, 0.29) is 5.91 Å². The number of ether oxygens (including phenoxy) is 3. The van der Waals surface area contributed by atoms with Gasteiger partial charge in [0.05, 0.1) is 32.5 Å². The van der Waals surface area contributed by atoms with Crippen molar-refractivity contribution < 1.29 is 19.0 Å². The molecule has 0 bridgehead atoms. The van der Waals surface area contributed by atoms with E-state index in [1.54, 1.807) is 25.3 Å². The summed E-state index contributed by atoms with van der Waals surface area (Å²) >= 11 is 6.14. The van der Waals surface area contributed by atoms with Crippen LogP contribution in [-0.2, 0) is 9.53 Å². The van der Waals surface area contributed by atoms with Gasteiger partial charge in [-0.3, -0.25) is 9.69 Å². The van der Waals surface area contributed by atoms with Gasteiger partial charge in [0.1, 0.15) is 0 Å². The van der Waals surface area contributed by atoms with Crippen molar-refractivity contribution in [3.63, 3.8) is 0 Å². The third-order valence-corrected chi connectivity index (χ3v) is 3.99. The van der Waals surface area contributed by atoms with Crippen LogP contribution in [-0.4, -0.2) is 64.4 Å². The first-order valence-electron chi connectivity index (χ1n) is 7.81.